The molecule has 0 radical (unpaired) electrons. The van der Waals surface area contributed by atoms with Crippen molar-refractivity contribution in [3.63, 3.8) is 0 Å². The molecule has 1 unspecified atom stereocenters. The minimum absolute atomic E-state index is 0.139. The number of amides is 2. The Hall–Kier alpha value is -3.29. The molecule has 3 rings (SSSR count). The maximum atomic E-state index is 12.3. The molecule has 3 N–H and O–H groups in total. The minimum atomic E-state index is -0.878. The van der Waals surface area contributed by atoms with Crippen LogP contribution in [0.1, 0.15) is 35.1 Å². The van der Waals surface area contributed by atoms with E-state index in [1.165, 1.54) is 4.90 Å². The van der Waals surface area contributed by atoms with Gasteiger partial charge in [-0.15, -0.1) is 0 Å². The number of guanidine groups is 1. The summed E-state index contributed by atoms with van der Waals surface area (Å²) in [5.41, 5.74) is 7.35. The highest BCUT2D eigenvalue weighted by molar-refractivity contribution is 6.03. The Kier molecular flexibility index (Phi) is 4.41. The second-order valence-corrected chi connectivity index (χ2v) is 6.48. The molecule has 0 saturated heterocycles. The number of carbonyl (C=O) groups excluding carboxylic acids is 2. The van der Waals surface area contributed by atoms with Gasteiger partial charge >= 0.3 is 0 Å². The zero-order chi connectivity index (χ0) is 18.9. The number of pyridine rings is 2. The summed E-state index contributed by atoms with van der Waals surface area (Å²) in [6, 6.07) is 6.85. The van der Waals surface area contributed by atoms with Crippen LogP contribution in [0.3, 0.4) is 0 Å². The number of anilines is 1. The van der Waals surface area contributed by atoms with Crippen LogP contribution in [0.15, 0.2) is 41.7 Å². The van der Waals surface area contributed by atoms with Gasteiger partial charge in [-0.2, -0.15) is 0 Å². The van der Waals surface area contributed by atoms with Crippen molar-refractivity contribution in [3.8, 4) is 0 Å². The second-order valence-electron chi connectivity index (χ2n) is 6.48. The fourth-order valence-electron chi connectivity index (χ4n) is 2.66. The highest BCUT2D eigenvalue weighted by atomic mass is 16.2. The summed E-state index contributed by atoms with van der Waals surface area (Å²) in [5, 5.41) is 2.79. The number of aromatic nitrogens is 2. The molecule has 2 amide bonds. The zero-order valence-electron chi connectivity index (χ0n) is 14.9. The van der Waals surface area contributed by atoms with Gasteiger partial charge in [0.05, 0.1) is 12.1 Å². The Morgan fingerprint density at radius 2 is 2.08 bits per heavy atom. The third kappa shape index (κ3) is 3.39. The first-order valence-corrected chi connectivity index (χ1v) is 8.11. The first kappa shape index (κ1) is 17.5. The predicted molar refractivity (Wildman–Crippen MR) is 97.5 cm³/mol. The molecular formula is C18H20N6O2. The molecule has 134 valence electrons. The molecule has 0 fully saturated rings. The van der Waals surface area contributed by atoms with E-state index in [0.717, 1.165) is 5.56 Å². The van der Waals surface area contributed by atoms with Crippen molar-refractivity contribution in [1.82, 2.24) is 14.9 Å². The van der Waals surface area contributed by atoms with Gasteiger partial charge in [-0.3, -0.25) is 24.5 Å². The molecule has 2 aromatic heterocycles. The minimum Gasteiger partial charge on any atom is -0.369 e. The third-order valence-corrected chi connectivity index (χ3v) is 4.29. The van der Waals surface area contributed by atoms with E-state index in [1.807, 2.05) is 13.0 Å². The lowest BCUT2D eigenvalue weighted by Crippen LogP contribution is -2.47. The van der Waals surface area contributed by atoms with Crippen LogP contribution in [0.5, 0.6) is 0 Å². The molecule has 8 heteroatoms. The number of nitrogens with two attached hydrogens (primary N) is 1. The van der Waals surface area contributed by atoms with Crippen LogP contribution in [0.25, 0.3) is 0 Å². The van der Waals surface area contributed by atoms with Crippen LogP contribution < -0.4 is 11.1 Å². The van der Waals surface area contributed by atoms with Crippen molar-refractivity contribution in [1.29, 1.82) is 0 Å². The normalized spacial score (nSPS) is 19.9. The summed E-state index contributed by atoms with van der Waals surface area (Å²) in [5.74, 6) is -0.321. The van der Waals surface area contributed by atoms with Gasteiger partial charge in [0.2, 0.25) is 5.91 Å². The molecule has 1 aliphatic rings. The number of hydrogen-bond donors (Lipinski definition) is 2. The average Bonchev–Trinajstić information content (AvgIpc) is 2.60. The molecule has 0 spiro atoms. The zero-order valence-corrected chi connectivity index (χ0v) is 14.9. The van der Waals surface area contributed by atoms with Gasteiger partial charge in [0.25, 0.3) is 5.91 Å². The number of rotatable bonds is 3. The van der Waals surface area contributed by atoms with Gasteiger partial charge in [-0.25, -0.2) is 4.99 Å². The van der Waals surface area contributed by atoms with E-state index in [0.29, 0.717) is 17.1 Å². The van der Waals surface area contributed by atoms with Gasteiger partial charge in [-0.05, 0) is 37.6 Å². The molecule has 0 aliphatic carbocycles. The molecule has 0 bridgehead atoms. The lowest BCUT2D eigenvalue weighted by molar-refractivity contribution is -0.128. The van der Waals surface area contributed by atoms with Crippen molar-refractivity contribution < 1.29 is 9.59 Å². The van der Waals surface area contributed by atoms with E-state index in [4.69, 9.17) is 5.73 Å². The Bertz CT molecular complexity index is 893. The van der Waals surface area contributed by atoms with Crippen LogP contribution in [0.4, 0.5) is 5.69 Å². The lowest BCUT2D eigenvalue weighted by atomic mass is 9.91. The summed E-state index contributed by atoms with van der Waals surface area (Å²) in [6.07, 6.45) is 3.34. The maximum absolute atomic E-state index is 12.3. The topological polar surface area (TPSA) is 114 Å². The molecular weight excluding hydrogens is 332 g/mol. The summed E-state index contributed by atoms with van der Waals surface area (Å²) in [7, 11) is 1.58. The van der Waals surface area contributed by atoms with Gasteiger partial charge < -0.3 is 11.1 Å². The van der Waals surface area contributed by atoms with E-state index < -0.39 is 5.54 Å². The fraction of sp³-hybridized carbons (Fsp3) is 0.278. The van der Waals surface area contributed by atoms with Crippen LogP contribution in [0, 0.1) is 6.92 Å². The monoisotopic (exact) mass is 352 g/mol. The Balaban J connectivity index is 1.85. The standard InChI is InChI=1S/C18H20N6O2/c1-11-4-5-13(21-10-11)16(26)22-12-6-7-20-14(8-12)18(2)9-15(25)24(3)17(19)23-18/h4-8,10H,9H2,1-3H3,(H2,19,23)(H,20,22,26). The average molecular weight is 352 g/mol. The van der Waals surface area contributed by atoms with Crippen LogP contribution in [-0.4, -0.2) is 39.7 Å². The van der Waals surface area contributed by atoms with E-state index in [1.54, 1.807) is 44.6 Å². The summed E-state index contributed by atoms with van der Waals surface area (Å²) < 4.78 is 0. The smallest absolute Gasteiger partial charge is 0.274 e. The number of aryl methyl sites for hydroxylation is 1. The summed E-state index contributed by atoms with van der Waals surface area (Å²) in [6.45, 7) is 3.69. The van der Waals surface area contributed by atoms with Gasteiger partial charge in [-0.1, -0.05) is 6.07 Å². The van der Waals surface area contributed by atoms with Crippen molar-refractivity contribution >= 4 is 23.5 Å². The van der Waals surface area contributed by atoms with Crippen molar-refractivity contribution in [3.05, 3.63) is 53.6 Å². The molecule has 1 atom stereocenters. The lowest BCUT2D eigenvalue weighted by Gasteiger charge is -2.32. The molecule has 1 aliphatic heterocycles. The van der Waals surface area contributed by atoms with Crippen LogP contribution in [0.2, 0.25) is 0 Å². The number of carbonyl (C=O) groups is 2. The van der Waals surface area contributed by atoms with Gasteiger partial charge in [0.1, 0.15) is 11.2 Å². The van der Waals surface area contributed by atoms with Gasteiger partial charge in [0.15, 0.2) is 5.96 Å². The molecule has 8 nitrogen and oxygen atoms in total. The summed E-state index contributed by atoms with van der Waals surface area (Å²) in [4.78, 5) is 38.6. The fourth-order valence-corrected chi connectivity index (χ4v) is 2.66. The van der Waals surface area contributed by atoms with Gasteiger partial charge in [0, 0.05) is 25.1 Å². The van der Waals surface area contributed by atoms with Crippen LogP contribution >= 0.6 is 0 Å². The Morgan fingerprint density at radius 1 is 1.31 bits per heavy atom. The molecule has 0 aromatic carbocycles. The van der Waals surface area contributed by atoms with E-state index in [-0.39, 0.29) is 24.2 Å². The first-order valence-electron chi connectivity index (χ1n) is 8.11. The quantitative estimate of drug-likeness (QED) is 0.867. The number of aliphatic imine (C=N–C) groups is 1. The largest absolute Gasteiger partial charge is 0.369 e. The van der Waals surface area contributed by atoms with E-state index >= 15 is 0 Å². The predicted octanol–water partition coefficient (Wildman–Crippen LogP) is 1.43. The van der Waals surface area contributed by atoms with Crippen molar-refractivity contribution in [2.24, 2.45) is 10.7 Å². The number of nitrogens with zero attached hydrogens (tertiary/aromatic N) is 4. The van der Waals surface area contributed by atoms with Crippen molar-refractivity contribution in [2.75, 3.05) is 12.4 Å². The maximum Gasteiger partial charge on any atom is 0.274 e. The molecule has 2 aromatic rings. The number of nitrogens with one attached hydrogen (secondary N) is 1. The highest BCUT2D eigenvalue weighted by Gasteiger charge is 2.37. The Morgan fingerprint density at radius 3 is 2.73 bits per heavy atom. The molecule has 26 heavy (non-hydrogen) atoms. The highest BCUT2D eigenvalue weighted by Crippen LogP contribution is 2.32. The summed E-state index contributed by atoms with van der Waals surface area (Å²) >= 11 is 0. The first-order chi connectivity index (χ1) is 12.3. The third-order valence-electron chi connectivity index (χ3n) is 4.29. The van der Waals surface area contributed by atoms with Crippen LogP contribution in [-0.2, 0) is 10.3 Å². The van der Waals surface area contributed by atoms with E-state index in [9.17, 15) is 9.59 Å². The van der Waals surface area contributed by atoms with Crippen molar-refractivity contribution in [2.45, 2.75) is 25.8 Å². The van der Waals surface area contributed by atoms with E-state index in [2.05, 4.69) is 20.3 Å². The second kappa shape index (κ2) is 6.55. The molecule has 3 heterocycles. The Labute approximate surface area is 151 Å². The molecule has 0 saturated carbocycles. The number of hydrogen-bond acceptors (Lipinski definition) is 6. The SMILES string of the molecule is Cc1ccc(C(=O)Nc2ccnc(C3(C)CC(=O)N(C)C(N)=N3)c2)nc1.